The Balaban J connectivity index is 2.01. The van der Waals surface area contributed by atoms with Gasteiger partial charge in [-0.25, -0.2) is 18.1 Å². The average Bonchev–Trinajstić information content (AvgIpc) is 3.07. The largest absolute Gasteiger partial charge is 0.330 e. The zero-order chi connectivity index (χ0) is 18.0. The van der Waals surface area contributed by atoms with E-state index in [1.165, 1.54) is 7.05 Å². The molecule has 0 spiro atoms. The summed E-state index contributed by atoms with van der Waals surface area (Å²) < 4.78 is 27.2. The molecule has 0 unspecified atom stereocenters. The van der Waals surface area contributed by atoms with Crippen LogP contribution in [-0.4, -0.2) is 42.0 Å². The molecule has 0 saturated heterocycles. The standard InChI is InChI=1S/C16H18N4O3S2/c1-17-25(22,23)8-7-20-6-5-18-15(20)13-9-11-3-4-12(24-2)10-14(11)19-16(13)21/h3-6,9-10,17H,7-8H2,1-2H3,(H,19,21). The minimum absolute atomic E-state index is 0.0879. The van der Waals surface area contributed by atoms with Crippen LogP contribution < -0.4 is 10.3 Å². The smallest absolute Gasteiger partial charge is 0.259 e. The Kier molecular flexibility index (Phi) is 4.98. The van der Waals surface area contributed by atoms with Gasteiger partial charge in [0.25, 0.3) is 5.56 Å². The number of hydrogen-bond donors (Lipinski definition) is 2. The van der Waals surface area contributed by atoms with Crippen LogP contribution >= 0.6 is 11.8 Å². The van der Waals surface area contributed by atoms with Crippen LogP contribution in [0.2, 0.25) is 0 Å². The van der Waals surface area contributed by atoms with Crippen molar-refractivity contribution in [2.75, 3.05) is 19.1 Å². The van der Waals surface area contributed by atoms with Crippen molar-refractivity contribution in [3.63, 3.8) is 0 Å². The third kappa shape index (κ3) is 3.78. The van der Waals surface area contributed by atoms with E-state index in [4.69, 9.17) is 0 Å². The van der Waals surface area contributed by atoms with Gasteiger partial charge < -0.3 is 9.55 Å². The van der Waals surface area contributed by atoms with Crippen molar-refractivity contribution in [1.82, 2.24) is 19.3 Å². The molecule has 9 heteroatoms. The number of rotatable bonds is 6. The number of fused-ring (bicyclic) bond motifs is 1. The monoisotopic (exact) mass is 378 g/mol. The SMILES string of the molecule is CNS(=O)(=O)CCn1ccnc1-c1cc2ccc(SC)cc2[nH]c1=O. The van der Waals surface area contributed by atoms with Crippen molar-refractivity contribution in [3.8, 4) is 11.4 Å². The average molecular weight is 378 g/mol. The number of hydrogen-bond acceptors (Lipinski definition) is 5. The van der Waals surface area contributed by atoms with Gasteiger partial charge in [-0.1, -0.05) is 6.07 Å². The van der Waals surface area contributed by atoms with E-state index in [9.17, 15) is 13.2 Å². The van der Waals surface area contributed by atoms with Gasteiger partial charge in [-0.05, 0) is 36.9 Å². The fourth-order valence-corrected chi connectivity index (χ4v) is 3.61. The molecule has 0 fully saturated rings. The minimum atomic E-state index is -3.33. The summed E-state index contributed by atoms with van der Waals surface area (Å²) in [5.41, 5.74) is 0.919. The molecule has 0 atom stereocenters. The number of nitrogens with one attached hydrogen (secondary N) is 2. The Bertz CT molecular complexity index is 1070. The molecule has 0 aliphatic heterocycles. The number of nitrogens with zero attached hydrogens (tertiary/aromatic N) is 2. The van der Waals surface area contributed by atoms with E-state index >= 15 is 0 Å². The van der Waals surface area contributed by atoms with Crippen LogP contribution in [0.4, 0.5) is 0 Å². The van der Waals surface area contributed by atoms with E-state index in [0.717, 1.165) is 15.8 Å². The van der Waals surface area contributed by atoms with Crippen molar-refractivity contribution < 1.29 is 8.42 Å². The number of pyridine rings is 1. The topological polar surface area (TPSA) is 96.8 Å². The molecule has 0 radical (unpaired) electrons. The maximum Gasteiger partial charge on any atom is 0.259 e. The highest BCUT2D eigenvalue weighted by Crippen LogP contribution is 2.23. The van der Waals surface area contributed by atoms with E-state index in [-0.39, 0.29) is 17.9 Å². The van der Waals surface area contributed by atoms with Crippen LogP contribution in [0, 0.1) is 0 Å². The molecule has 0 amide bonds. The van der Waals surface area contributed by atoms with Gasteiger partial charge in [-0.15, -0.1) is 11.8 Å². The number of H-pyrrole nitrogens is 1. The molecular formula is C16H18N4O3S2. The molecule has 3 rings (SSSR count). The van der Waals surface area contributed by atoms with Crippen LogP contribution in [0.5, 0.6) is 0 Å². The minimum Gasteiger partial charge on any atom is -0.330 e. The molecule has 2 heterocycles. The number of sulfonamides is 1. The van der Waals surface area contributed by atoms with Gasteiger partial charge in [0.05, 0.1) is 11.3 Å². The van der Waals surface area contributed by atoms with E-state index < -0.39 is 10.0 Å². The molecule has 0 bridgehead atoms. The van der Waals surface area contributed by atoms with E-state index in [2.05, 4.69) is 14.7 Å². The Morgan fingerprint density at radius 1 is 1.32 bits per heavy atom. The predicted octanol–water partition coefficient (Wildman–Crippen LogP) is 1.66. The predicted molar refractivity (Wildman–Crippen MR) is 100 cm³/mol. The van der Waals surface area contributed by atoms with E-state index in [1.54, 1.807) is 34.8 Å². The van der Waals surface area contributed by atoms with Crippen LogP contribution in [0.3, 0.4) is 0 Å². The lowest BCUT2D eigenvalue weighted by Gasteiger charge is -2.09. The fourth-order valence-electron chi connectivity index (χ4n) is 2.53. The lowest BCUT2D eigenvalue weighted by atomic mass is 10.1. The fraction of sp³-hybridized carbons (Fsp3) is 0.250. The molecule has 1 aromatic carbocycles. The van der Waals surface area contributed by atoms with Gasteiger partial charge in [0.2, 0.25) is 10.0 Å². The second kappa shape index (κ2) is 7.03. The van der Waals surface area contributed by atoms with E-state index in [1.807, 2.05) is 24.5 Å². The van der Waals surface area contributed by atoms with Gasteiger partial charge in [-0.2, -0.15) is 0 Å². The number of aromatic amines is 1. The summed E-state index contributed by atoms with van der Waals surface area (Å²) in [6.45, 7) is 0.210. The molecule has 0 saturated carbocycles. The normalized spacial score (nSPS) is 11.9. The first-order valence-electron chi connectivity index (χ1n) is 7.57. The van der Waals surface area contributed by atoms with Crippen LogP contribution in [0.15, 0.2) is 46.3 Å². The van der Waals surface area contributed by atoms with Crippen molar-refractivity contribution in [2.24, 2.45) is 0 Å². The number of aryl methyl sites for hydroxylation is 1. The van der Waals surface area contributed by atoms with Gasteiger partial charge in [0.15, 0.2) is 0 Å². The highest BCUT2D eigenvalue weighted by atomic mass is 32.2. The summed E-state index contributed by atoms with van der Waals surface area (Å²) in [7, 11) is -1.96. The summed E-state index contributed by atoms with van der Waals surface area (Å²) >= 11 is 1.60. The summed E-state index contributed by atoms with van der Waals surface area (Å²) in [6.07, 6.45) is 5.20. The van der Waals surface area contributed by atoms with E-state index in [0.29, 0.717) is 11.4 Å². The second-order valence-corrected chi connectivity index (χ2v) is 8.36. The maximum absolute atomic E-state index is 12.5. The third-order valence-corrected chi connectivity index (χ3v) is 5.99. The maximum atomic E-state index is 12.5. The number of benzene rings is 1. The molecule has 0 aliphatic carbocycles. The zero-order valence-corrected chi connectivity index (χ0v) is 15.4. The second-order valence-electron chi connectivity index (χ2n) is 5.43. The van der Waals surface area contributed by atoms with Crippen LogP contribution in [0.1, 0.15) is 0 Å². The Hall–Kier alpha value is -2.10. The van der Waals surface area contributed by atoms with Gasteiger partial charge in [0, 0.05) is 29.4 Å². The molecule has 3 aromatic rings. The van der Waals surface area contributed by atoms with Crippen molar-refractivity contribution in [2.45, 2.75) is 11.4 Å². The lowest BCUT2D eigenvalue weighted by Crippen LogP contribution is -2.25. The van der Waals surface area contributed by atoms with Crippen molar-refractivity contribution in [3.05, 3.63) is 47.0 Å². The molecule has 25 heavy (non-hydrogen) atoms. The van der Waals surface area contributed by atoms with Crippen molar-refractivity contribution in [1.29, 1.82) is 0 Å². The number of thioether (sulfide) groups is 1. The van der Waals surface area contributed by atoms with Crippen molar-refractivity contribution >= 4 is 32.7 Å². The molecule has 7 nitrogen and oxygen atoms in total. The Morgan fingerprint density at radius 3 is 2.84 bits per heavy atom. The van der Waals surface area contributed by atoms with Crippen LogP contribution in [0.25, 0.3) is 22.3 Å². The molecule has 2 N–H and O–H groups in total. The number of aromatic nitrogens is 3. The highest BCUT2D eigenvalue weighted by molar-refractivity contribution is 7.98. The molecule has 132 valence electrons. The molecule has 0 aliphatic rings. The third-order valence-electron chi connectivity index (χ3n) is 3.92. The van der Waals surface area contributed by atoms with Crippen LogP contribution in [-0.2, 0) is 16.6 Å². The summed E-state index contributed by atoms with van der Waals surface area (Å²) in [5.74, 6) is 0.360. The summed E-state index contributed by atoms with van der Waals surface area (Å²) in [5, 5.41) is 0.893. The van der Waals surface area contributed by atoms with Gasteiger partial charge in [-0.3, -0.25) is 4.79 Å². The summed E-state index contributed by atoms with van der Waals surface area (Å²) in [6, 6.07) is 7.64. The van der Waals surface area contributed by atoms with Gasteiger partial charge >= 0.3 is 0 Å². The Morgan fingerprint density at radius 2 is 2.12 bits per heavy atom. The Labute approximate surface area is 149 Å². The molecule has 2 aromatic heterocycles. The highest BCUT2D eigenvalue weighted by Gasteiger charge is 2.14. The first kappa shape index (κ1) is 17.7. The number of imidazole rings is 1. The first-order chi connectivity index (χ1) is 11.9. The first-order valence-corrected chi connectivity index (χ1v) is 10.4. The lowest BCUT2D eigenvalue weighted by molar-refractivity contribution is 0.581. The van der Waals surface area contributed by atoms with Gasteiger partial charge in [0.1, 0.15) is 5.82 Å². The molecular weight excluding hydrogens is 360 g/mol. The zero-order valence-electron chi connectivity index (χ0n) is 13.8. The summed E-state index contributed by atoms with van der Waals surface area (Å²) in [4.78, 5) is 20.7. The quantitative estimate of drug-likeness (QED) is 0.636.